The maximum absolute atomic E-state index is 14.1. The zero-order valence-electron chi connectivity index (χ0n) is 17.2. The van der Waals surface area contributed by atoms with E-state index in [9.17, 15) is 18.7 Å². The van der Waals surface area contributed by atoms with Crippen molar-refractivity contribution in [1.82, 2.24) is 19.7 Å². The fourth-order valence-corrected chi connectivity index (χ4v) is 4.16. The molecule has 0 fully saturated rings. The van der Waals surface area contributed by atoms with Crippen LogP contribution in [0.4, 0.5) is 8.78 Å². The Kier molecular flexibility index (Phi) is 4.51. The van der Waals surface area contributed by atoms with Gasteiger partial charge in [-0.1, -0.05) is 13.8 Å². The lowest BCUT2D eigenvalue weighted by atomic mass is 9.99. The molecule has 0 saturated carbocycles. The first kappa shape index (κ1) is 19.9. The summed E-state index contributed by atoms with van der Waals surface area (Å²) in [5.41, 5.74) is 3.62. The molecular formula is C24H18F2N4O2. The first-order chi connectivity index (χ1) is 15.3. The van der Waals surface area contributed by atoms with Crippen molar-refractivity contribution < 1.29 is 18.7 Å². The molecule has 0 aliphatic carbocycles. The summed E-state index contributed by atoms with van der Waals surface area (Å²) in [5.74, 6) is -2.70. The molecule has 0 aliphatic rings. The number of nitrogens with one attached hydrogen (secondary N) is 1. The molecule has 0 radical (unpaired) electrons. The van der Waals surface area contributed by atoms with Crippen molar-refractivity contribution in [2.45, 2.75) is 19.8 Å². The lowest BCUT2D eigenvalue weighted by Gasteiger charge is -2.15. The molecule has 2 N–H and O–H groups in total. The number of H-pyrrole nitrogens is 1. The third kappa shape index (κ3) is 3.03. The number of pyridine rings is 1. The number of hydrogen-bond donors (Lipinski definition) is 2. The van der Waals surface area contributed by atoms with Crippen LogP contribution in [0.5, 0.6) is 0 Å². The Hall–Kier alpha value is -4.07. The molecule has 8 heteroatoms. The Balaban J connectivity index is 1.94. The Morgan fingerprint density at radius 2 is 1.84 bits per heavy atom. The second-order valence-electron chi connectivity index (χ2n) is 7.89. The molecule has 5 aromatic rings. The first-order valence-corrected chi connectivity index (χ1v) is 10.0. The van der Waals surface area contributed by atoms with Gasteiger partial charge in [-0.2, -0.15) is 5.10 Å². The molecule has 2 aromatic carbocycles. The van der Waals surface area contributed by atoms with Crippen LogP contribution in [-0.2, 0) is 0 Å². The predicted octanol–water partition coefficient (Wildman–Crippen LogP) is 5.67. The normalized spacial score (nSPS) is 11.7. The van der Waals surface area contributed by atoms with Gasteiger partial charge in [0.1, 0.15) is 5.82 Å². The Morgan fingerprint density at radius 3 is 2.53 bits per heavy atom. The molecule has 5 rings (SSSR count). The third-order valence-corrected chi connectivity index (χ3v) is 5.50. The number of halogens is 2. The number of aromatic nitrogens is 4. The predicted molar refractivity (Wildman–Crippen MR) is 117 cm³/mol. The minimum absolute atomic E-state index is 0.0148. The highest BCUT2D eigenvalue weighted by Crippen LogP contribution is 2.41. The molecule has 0 saturated heterocycles. The molecule has 0 aliphatic heterocycles. The average Bonchev–Trinajstić information content (AvgIpc) is 3.35. The number of hydrogen-bond acceptors (Lipinski definition) is 3. The fourth-order valence-electron chi connectivity index (χ4n) is 4.16. The third-order valence-electron chi connectivity index (χ3n) is 5.50. The van der Waals surface area contributed by atoms with Crippen LogP contribution in [0.2, 0.25) is 0 Å². The highest BCUT2D eigenvalue weighted by molar-refractivity contribution is 6.05. The van der Waals surface area contributed by atoms with Crippen molar-refractivity contribution in [3.63, 3.8) is 0 Å². The summed E-state index contributed by atoms with van der Waals surface area (Å²) in [6, 6.07) is 12.6. The first-order valence-electron chi connectivity index (χ1n) is 10.0. The van der Waals surface area contributed by atoms with Crippen molar-refractivity contribution in [3.8, 4) is 16.9 Å². The van der Waals surface area contributed by atoms with Gasteiger partial charge in [0.15, 0.2) is 11.5 Å². The quantitative estimate of drug-likeness (QED) is 0.383. The highest BCUT2D eigenvalue weighted by Gasteiger charge is 2.25. The lowest BCUT2D eigenvalue weighted by Crippen LogP contribution is -2.07. The van der Waals surface area contributed by atoms with E-state index in [1.54, 1.807) is 18.3 Å². The Labute approximate surface area is 181 Å². The van der Waals surface area contributed by atoms with Crippen molar-refractivity contribution in [1.29, 1.82) is 0 Å². The molecule has 0 unspecified atom stereocenters. The van der Waals surface area contributed by atoms with Gasteiger partial charge in [-0.3, -0.25) is 5.10 Å². The number of rotatable bonds is 4. The zero-order chi connectivity index (χ0) is 22.6. The average molecular weight is 432 g/mol. The van der Waals surface area contributed by atoms with Gasteiger partial charge >= 0.3 is 5.97 Å². The van der Waals surface area contributed by atoms with Crippen LogP contribution in [0.1, 0.15) is 35.9 Å². The van der Waals surface area contributed by atoms with E-state index in [1.807, 2.05) is 30.5 Å². The van der Waals surface area contributed by atoms with E-state index in [-0.39, 0.29) is 11.7 Å². The number of carboxylic acid groups (broad SMARTS) is 1. The van der Waals surface area contributed by atoms with Crippen LogP contribution in [0.3, 0.4) is 0 Å². The number of carbonyl (C=O) groups is 1. The van der Waals surface area contributed by atoms with E-state index < -0.39 is 17.5 Å². The standard InChI is InChI=1S/C24H18F2N4O2/c1-12(2)23-21(18-8-7-17(26)22(28-18)24(31)32)16-10-19-13(11-27-29-19)9-20(16)30(23)15-5-3-14(25)4-6-15/h3-12H,1-2H3,(H,27,29)(H,31,32). The minimum Gasteiger partial charge on any atom is -0.476 e. The fraction of sp³-hybridized carbons (Fsp3) is 0.125. The molecule has 3 heterocycles. The second-order valence-corrected chi connectivity index (χ2v) is 7.89. The number of carboxylic acids is 1. The summed E-state index contributed by atoms with van der Waals surface area (Å²) in [6.07, 6.45) is 1.71. The van der Waals surface area contributed by atoms with Gasteiger partial charge in [0, 0.05) is 27.7 Å². The molecule has 3 aromatic heterocycles. The van der Waals surface area contributed by atoms with Crippen molar-refractivity contribution in [2.75, 3.05) is 0 Å². The summed E-state index contributed by atoms with van der Waals surface area (Å²) < 4.78 is 29.7. The monoisotopic (exact) mass is 432 g/mol. The molecule has 0 spiro atoms. The van der Waals surface area contributed by atoms with Gasteiger partial charge in [0.2, 0.25) is 0 Å². The van der Waals surface area contributed by atoms with Crippen molar-refractivity contribution >= 4 is 27.8 Å². The zero-order valence-corrected chi connectivity index (χ0v) is 17.2. The second kappa shape index (κ2) is 7.26. The largest absolute Gasteiger partial charge is 0.476 e. The molecule has 160 valence electrons. The SMILES string of the molecule is CC(C)c1c(-c2ccc(F)c(C(=O)O)n2)c2cc3[nH]ncc3cc2n1-c1ccc(F)cc1. The molecule has 0 atom stereocenters. The molecule has 0 amide bonds. The van der Waals surface area contributed by atoms with E-state index in [0.29, 0.717) is 11.3 Å². The van der Waals surface area contributed by atoms with Gasteiger partial charge in [-0.05, 0) is 54.4 Å². The van der Waals surface area contributed by atoms with E-state index >= 15 is 0 Å². The molecular weight excluding hydrogens is 414 g/mol. The van der Waals surface area contributed by atoms with Gasteiger partial charge in [-0.15, -0.1) is 0 Å². The van der Waals surface area contributed by atoms with E-state index in [1.165, 1.54) is 18.2 Å². The topological polar surface area (TPSA) is 83.8 Å². The molecule has 32 heavy (non-hydrogen) atoms. The van der Waals surface area contributed by atoms with Crippen molar-refractivity contribution in [3.05, 3.63) is 77.8 Å². The summed E-state index contributed by atoms with van der Waals surface area (Å²) in [6.45, 7) is 4.01. The number of aromatic carboxylic acids is 1. The van der Waals surface area contributed by atoms with Crippen LogP contribution < -0.4 is 0 Å². The van der Waals surface area contributed by atoms with Crippen LogP contribution in [0.15, 0.2) is 54.7 Å². The smallest absolute Gasteiger partial charge is 0.357 e. The maximum Gasteiger partial charge on any atom is 0.357 e. The van der Waals surface area contributed by atoms with Gasteiger partial charge in [0.05, 0.1) is 22.9 Å². The Bertz CT molecular complexity index is 1500. The van der Waals surface area contributed by atoms with Crippen LogP contribution in [0.25, 0.3) is 38.8 Å². The van der Waals surface area contributed by atoms with Gasteiger partial charge < -0.3 is 9.67 Å². The minimum atomic E-state index is -1.44. The van der Waals surface area contributed by atoms with E-state index in [4.69, 9.17) is 0 Å². The number of benzene rings is 2. The Morgan fingerprint density at radius 1 is 1.09 bits per heavy atom. The van der Waals surface area contributed by atoms with Crippen LogP contribution in [0, 0.1) is 11.6 Å². The number of nitrogens with zero attached hydrogens (tertiary/aromatic N) is 3. The van der Waals surface area contributed by atoms with Crippen LogP contribution in [-0.4, -0.2) is 30.8 Å². The summed E-state index contributed by atoms with van der Waals surface area (Å²) in [7, 11) is 0. The molecule has 6 nitrogen and oxygen atoms in total. The summed E-state index contributed by atoms with van der Waals surface area (Å²) in [4.78, 5) is 15.7. The number of fused-ring (bicyclic) bond motifs is 2. The van der Waals surface area contributed by atoms with Gasteiger partial charge in [0.25, 0.3) is 0 Å². The maximum atomic E-state index is 14.1. The lowest BCUT2D eigenvalue weighted by molar-refractivity contribution is 0.0685. The summed E-state index contributed by atoms with van der Waals surface area (Å²) in [5, 5.41) is 18.1. The van der Waals surface area contributed by atoms with E-state index in [0.717, 1.165) is 39.3 Å². The van der Waals surface area contributed by atoms with Crippen molar-refractivity contribution in [2.24, 2.45) is 0 Å². The summed E-state index contributed by atoms with van der Waals surface area (Å²) >= 11 is 0. The van der Waals surface area contributed by atoms with E-state index in [2.05, 4.69) is 15.2 Å². The number of aromatic amines is 1. The molecule has 0 bridgehead atoms. The van der Waals surface area contributed by atoms with Gasteiger partial charge in [-0.25, -0.2) is 18.6 Å². The highest BCUT2D eigenvalue weighted by atomic mass is 19.1. The van der Waals surface area contributed by atoms with Crippen LogP contribution >= 0.6 is 0 Å².